The van der Waals surface area contributed by atoms with Gasteiger partial charge in [0.25, 0.3) is 0 Å². The van der Waals surface area contributed by atoms with Crippen LogP contribution in [0.3, 0.4) is 0 Å². The van der Waals surface area contributed by atoms with Gasteiger partial charge < -0.3 is 14.6 Å². The second-order valence-corrected chi connectivity index (χ2v) is 8.17. The van der Waals surface area contributed by atoms with E-state index >= 15 is 0 Å². The van der Waals surface area contributed by atoms with E-state index in [0.29, 0.717) is 26.2 Å². The van der Waals surface area contributed by atoms with Crippen LogP contribution < -0.4 is 4.74 Å². The van der Waals surface area contributed by atoms with E-state index in [9.17, 15) is 13.9 Å². The summed E-state index contributed by atoms with van der Waals surface area (Å²) in [5.74, 6) is -2.10. The van der Waals surface area contributed by atoms with E-state index in [-0.39, 0.29) is 29.6 Å². The standard InChI is InChI=1S/C19H19Br2F2NO3.ClH/c20-13-3-1-12(2-4-13)18-10-24(5-6-26-18)9-15(25)11-27-19-16(22)7-14(21)8-17(19)23;/h1-4,7-8,15,18,25H,5-6,9-11H2;1H. The lowest BCUT2D eigenvalue weighted by Crippen LogP contribution is -2.43. The molecule has 3 rings (SSSR count). The Kier molecular flexibility index (Phi) is 9.11. The van der Waals surface area contributed by atoms with E-state index in [4.69, 9.17) is 9.47 Å². The summed E-state index contributed by atoms with van der Waals surface area (Å²) in [6.07, 6.45) is -0.961. The third kappa shape index (κ3) is 6.37. The van der Waals surface area contributed by atoms with Crippen molar-refractivity contribution in [2.45, 2.75) is 12.2 Å². The Balaban J connectivity index is 0.00000280. The highest BCUT2D eigenvalue weighted by molar-refractivity contribution is 9.10. The van der Waals surface area contributed by atoms with Gasteiger partial charge in [-0.3, -0.25) is 4.90 Å². The molecule has 0 amide bonds. The molecule has 1 aliphatic heterocycles. The molecule has 2 atom stereocenters. The summed E-state index contributed by atoms with van der Waals surface area (Å²) in [5, 5.41) is 10.2. The van der Waals surface area contributed by atoms with Crippen molar-refractivity contribution in [2.24, 2.45) is 0 Å². The van der Waals surface area contributed by atoms with Crippen molar-refractivity contribution in [3.63, 3.8) is 0 Å². The first kappa shape index (κ1) is 23.5. The summed E-state index contributed by atoms with van der Waals surface area (Å²) in [6.45, 7) is 1.97. The molecule has 1 N–H and O–H groups in total. The average molecular weight is 544 g/mol. The van der Waals surface area contributed by atoms with Gasteiger partial charge in [-0.1, -0.05) is 44.0 Å². The van der Waals surface area contributed by atoms with Gasteiger partial charge in [0.1, 0.15) is 12.7 Å². The molecule has 2 aromatic rings. The molecule has 0 spiro atoms. The largest absolute Gasteiger partial charge is 0.485 e. The minimum Gasteiger partial charge on any atom is -0.485 e. The zero-order chi connectivity index (χ0) is 19.4. The zero-order valence-electron chi connectivity index (χ0n) is 14.8. The number of ether oxygens (including phenoxy) is 2. The number of aliphatic hydroxyl groups is 1. The van der Waals surface area contributed by atoms with Crippen LogP contribution in [0.5, 0.6) is 5.75 Å². The van der Waals surface area contributed by atoms with Crippen LogP contribution in [0, 0.1) is 11.6 Å². The Morgan fingerprint density at radius 3 is 2.43 bits per heavy atom. The monoisotopic (exact) mass is 541 g/mol. The summed E-state index contributed by atoms with van der Waals surface area (Å²) in [5.41, 5.74) is 1.06. The summed E-state index contributed by atoms with van der Waals surface area (Å²) >= 11 is 6.43. The summed E-state index contributed by atoms with van der Waals surface area (Å²) < 4.78 is 39.8. The van der Waals surface area contributed by atoms with E-state index in [1.807, 2.05) is 24.3 Å². The van der Waals surface area contributed by atoms with Crippen LogP contribution in [-0.2, 0) is 4.74 Å². The second-order valence-electron chi connectivity index (χ2n) is 6.33. The molecule has 1 saturated heterocycles. The van der Waals surface area contributed by atoms with Crippen LogP contribution in [0.15, 0.2) is 45.3 Å². The highest BCUT2D eigenvalue weighted by Gasteiger charge is 2.24. The van der Waals surface area contributed by atoms with Crippen LogP contribution in [0.25, 0.3) is 0 Å². The molecule has 154 valence electrons. The van der Waals surface area contributed by atoms with Crippen LogP contribution in [0.2, 0.25) is 0 Å². The predicted molar refractivity (Wildman–Crippen MR) is 112 cm³/mol. The number of nitrogens with zero attached hydrogens (tertiary/aromatic N) is 1. The number of aliphatic hydroxyl groups excluding tert-OH is 1. The Labute approximate surface area is 185 Å². The molecular weight excluding hydrogens is 523 g/mol. The Bertz CT molecular complexity index is 759. The van der Waals surface area contributed by atoms with Gasteiger partial charge in [0.15, 0.2) is 17.4 Å². The first-order valence-corrected chi connectivity index (χ1v) is 10.1. The van der Waals surface area contributed by atoms with Crippen molar-refractivity contribution in [1.29, 1.82) is 0 Å². The van der Waals surface area contributed by atoms with E-state index < -0.39 is 23.5 Å². The molecule has 0 aliphatic carbocycles. The van der Waals surface area contributed by atoms with Crippen molar-refractivity contribution in [3.05, 3.63) is 62.5 Å². The number of hydrogen-bond donors (Lipinski definition) is 1. The molecule has 0 aromatic heterocycles. The van der Waals surface area contributed by atoms with Gasteiger partial charge in [0.05, 0.1) is 12.7 Å². The van der Waals surface area contributed by atoms with Gasteiger partial charge in [0, 0.05) is 28.6 Å². The third-order valence-electron chi connectivity index (χ3n) is 4.24. The first-order valence-electron chi connectivity index (χ1n) is 8.47. The molecule has 2 aromatic carbocycles. The molecule has 4 nitrogen and oxygen atoms in total. The minimum atomic E-state index is -0.879. The quantitative estimate of drug-likeness (QED) is 0.573. The molecule has 1 aliphatic rings. The number of halogens is 5. The number of morpholine rings is 1. The van der Waals surface area contributed by atoms with Crippen molar-refractivity contribution >= 4 is 44.3 Å². The van der Waals surface area contributed by atoms with Crippen LogP contribution in [0.1, 0.15) is 11.7 Å². The van der Waals surface area contributed by atoms with Crippen LogP contribution >= 0.6 is 44.3 Å². The Morgan fingerprint density at radius 1 is 1.14 bits per heavy atom. The first-order chi connectivity index (χ1) is 12.9. The second kappa shape index (κ2) is 10.8. The molecule has 2 unspecified atom stereocenters. The van der Waals surface area contributed by atoms with E-state index in [2.05, 4.69) is 36.8 Å². The maximum atomic E-state index is 13.8. The van der Waals surface area contributed by atoms with Gasteiger partial charge in [-0.05, 0) is 29.8 Å². The smallest absolute Gasteiger partial charge is 0.190 e. The third-order valence-corrected chi connectivity index (χ3v) is 5.23. The van der Waals surface area contributed by atoms with Gasteiger partial charge in [0.2, 0.25) is 0 Å². The van der Waals surface area contributed by atoms with Gasteiger partial charge in [-0.25, -0.2) is 8.78 Å². The normalized spacial score (nSPS) is 18.4. The summed E-state index contributed by atoms with van der Waals surface area (Å²) in [7, 11) is 0. The lowest BCUT2D eigenvalue weighted by atomic mass is 10.1. The van der Waals surface area contributed by atoms with Gasteiger partial charge >= 0.3 is 0 Å². The Morgan fingerprint density at radius 2 is 1.79 bits per heavy atom. The molecule has 1 fully saturated rings. The molecule has 1 heterocycles. The molecule has 0 radical (unpaired) electrons. The van der Waals surface area contributed by atoms with E-state index in [0.717, 1.165) is 22.2 Å². The number of hydrogen-bond acceptors (Lipinski definition) is 4. The minimum absolute atomic E-state index is 0. The maximum Gasteiger partial charge on any atom is 0.190 e. The molecule has 9 heteroatoms. The molecule has 28 heavy (non-hydrogen) atoms. The van der Waals surface area contributed by atoms with Crippen molar-refractivity contribution in [3.8, 4) is 5.75 Å². The molecule has 0 bridgehead atoms. The average Bonchev–Trinajstić information content (AvgIpc) is 2.61. The lowest BCUT2D eigenvalue weighted by Gasteiger charge is -2.34. The summed E-state index contributed by atoms with van der Waals surface area (Å²) in [6, 6.07) is 10.2. The van der Waals surface area contributed by atoms with Gasteiger partial charge in [-0.15, -0.1) is 12.4 Å². The van der Waals surface area contributed by atoms with Crippen molar-refractivity contribution < 1.29 is 23.4 Å². The van der Waals surface area contributed by atoms with Gasteiger partial charge in [-0.2, -0.15) is 0 Å². The highest BCUT2D eigenvalue weighted by atomic mass is 79.9. The summed E-state index contributed by atoms with van der Waals surface area (Å²) in [4.78, 5) is 2.05. The lowest BCUT2D eigenvalue weighted by molar-refractivity contribution is -0.0461. The van der Waals surface area contributed by atoms with E-state index in [1.165, 1.54) is 0 Å². The molecule has 0 saturated carbocycles. The number of rotatable bonds is 6. The van der Waals surface area contributed by atoms with Crippen LogP contribution in [0.4, 0.5) is 8.78 Å². The fourth-order valence-corrected chi connectivity index (χ4v) is 3.61. The topological polar surface area (TPSA) is 41.9 Å². The zero-order valence-corrected chi connectivity index (χ0v) is 18.8. The highest BCUT2D eigenvalue weighted by Crippen LogP contribution is 2.26. The van der Waals surface area contributed by atoms with Crippen molar-refractivity contribution in [1.82, 2.24) is 4.90 Å². The number of β-amino-alcohol motifs (C(OH)–C–C–N with tert-alkyl or cyclic N) is 1. The van der Waals surface area contributed by atoms with E-state index in [1.54, 1.807) is 0 Å². The number of benzene rings is 2. The molecular formula is C19H20Br2ClF2NO3. The predicted octanol–water partition coefficient (Wildman–Crippen LogP) is 4.72. The van der Waals surface area contributed by atoms with Crippen LogP contribution in [-0.4, -0.2) is 49.0 Å². The SMILES string of the molecule is Cl.OC(COc1c(F)cc(Br)cc1F)CN1CCOC(c2ccc(Br)cc2)C1. The fourth-order valence-electron chi connectivity index (χ4n) is 2.94. The Hall–Kier alpha value is -0.770. The maximum absolute atomic E-state index is 13.8. The van der Waals surface area contributed by atoms with Crippen molar-refractivity contribution in [2.75, 3.05) is 32.8 Å². The fraction of sp³-hybridized carbons (Fsp3) is 0.368.